The van der Waals surface area contributed by atoms with Crippen molar-refractivity contribution in [2.75, 3.05) is 27.2 Å². The Hall–Kier alpha value is -0.900. The summed E-state index contributed by atoms with van der Waals surface area (Å²) < 4.78 is 0. The van der Waals surface area contributed by atoms with E-state index in [9.17, 15) is 9.59 Å². The normalized spacial score (nSPS) is 12.6. The summed E-state index contributed by atoms with van der Waals surface area (Å²) in [5, 5.41) is 2.77. The highest BCUT2D eigenvalue weighted by atomic mass is 16.2. The standard InChI is InChI=1S/C10H20N2O2/c1-8(9(2)13)7-10(14)11-5-6-12(3)4/h8H,5-7H2,1-4H3,(H,11,14). The third kappa shape index (κ3) is 6.60. The molecule has 14 heavy (non-hydrogen) atoms. The van der Waals surface area contributed by atoms with Crippen molar-refractivity contribution in [3.63, 3.8) is 0 Å². The molecule has 1 unspecified atom stereocenters. The summed E-state index contributed by atoms with van der Waals surface area (Å²) in [7, 11) is 3.90. The lowest BCUT2D eigenvalue weighted by Gasteiger charge is -2.11. The molecule has 0 aliphatic rings. The zero-order chi connectivity index (χ0) is 11.1. The minimum atomic E-state index is -0.172. The van der Waals surface area contributed by atoms with E-state index < -0.39 is 0 Å². The van der Waals surface area contributed by atoms with Gasteiger partial charge in [-0.05, 0) is 21.0 Å². The van der Waals surface area contributed by atoms with Crippen molar-refractivity contribution in [3.8, 4) is 0 Å². The predicted molar refractivity (Wildman–Crippen MR) is 56.0 cm³/mol. The molecule has 0 saturated carbocycles. The van der Waals surface area contributed by atoms with Gasteiger partial charge in [0.25, 0.3) is 0 Å². The van der Waals surface area contributed by atoms with Gasteiger partial charge in [0.15, 0.2) is 0 Å². The summed E-state index contributed by atoms with van der Waals surface area (Å²) in [5.41, 5.74) is 0. The summed E-state index contributed by atoms with van der Waals surface area (Å²) >= 11 is 0. The molecule has 82 valence electrons. The van der Waals surface area contributed by atoms with Crippen LogP contribution in [0.1, 0.15) is 20.3 Å². The summed E-state index contributed by atoms with van der Waals surface area (Å²) in [6, 6.07) is 0. The third-order valence-electron chi connectivity index (χ3n) is 2.07. The molecule has 0 fully saturated rings. The topological polar surface area (TPSA) is 49.4 Å². The maximum absolute atomic E-state index is 11.3. The average Bonchev–Trinajstić information content (AvgIpc) is 2.02. The molecule has 0 spiro atoms. The van der Waals surface area contributed by atoms with Gasteiger partial charge >= 0.3 is 0 Å². The smallest absolute Gasteiger partial charge is 0.220 e. The molecule has 0 heterocycles. The number of rotatable bonds is 6. The van der Waals surface area contributed by atoms with Gasteiger partial charge < -0.3 is 10.2 Å². The van der Waals surface area contributed by atoms with E-state index in [1.807, 2.05) is 19.0 Å². The summed E-state index contributed by atoms with van der Waals surface area (Å²) in [5.74, 6) is -0.156. The maximum Gasteiger partial charge on any atom is 0.220 e. The number of carbonyl (C=O) groups is 2. The second kappa shape index (κ2) is 6.54. The van der Waals surface area contributed by atoms with Gasteiger partial charge in [-0.3, -0.25) is 9.59 Å². The molecular formula is C10H20N2O2. The number of hydrogen-bond acceptors (Lipinski definition) is 3. The lowest BCUT2D eigenvalue weighted by molar-refractivity contribution is -0.127. The molecule has 1 atom stereocenters. The Morgan fingerprint density at radius 2 is 1.93 bits per heavy atom. The molecule has 0 bridgehead atoms. The van der Waals surface area contributed by atoms with E-state index in [2.05, 4.69) is 5.32 Å². The predicted octanol–water partition coefficient (Wildman–Crippen LogP) is 0.279. The van der Waals surface area contributed by atoms with E-state index in [4.69, 9.17) is 0 Å². The largest absolute Gasteiger partial charge is 0.355 e. The lowest BCUT2D eigenvalue weighted by Crippen LogP contribution is -2.32. The van der Waals surface area contributed by atoms with Gasteiger partial charge in [0.2, 0.25) is 5.91 Å². The van der Waals surface area contributed by atoms with Crippen LogP contribution in [0, 0.1) is 5.92 Å². The van der Waals surface area contributed by atoms with Gasteiger partial charge in [-0.15, -0.1) is 0 Å². The number of likely N-dealkylation sites (N-methyl/N-ethyl adjacent to an activating group) is 1. The van der Waals surface area contributed by atoms with Gasteiger partial charge in [0.1, 0.15) is 5.78 Å². The first-order valence-corrected chi connectivity index (χ1v) is 4.85. The van der Waals surface area contributed by atoms with E-state index in [-0.39, 0.29) is 17.6 Å². The van der Waals surface area contributed by atoms with Gasteiger partial charge in [0.05, 0.1) is 0 Å². The number of ketones is 1. The fourth-order valence-corrected chi connectivity index (χ4v) is 0.913. The second-order valence-electron chi connectivity index (χ2n) is 3.87. The van der Waals surface area contributed by atoms with Crippen molar-refractivity contribution in [3.05, 3.63) is 0 Å². The van der Waals surface area contributed by atoms with Gasteiger partial charge in [-0.2, -0.15) is 0 Å². The lowest BCUT2D eigenvalue weighted by atomic mass is 10.0. The van der Waals surface area contributed by atoms with Crippen molar-refractivity contribution in [1.82, 2.24) is 10.2 Å². The summed E-state index contributed by atoms with van der Waals surface area (Å²) in [6.07, 6.45) is 0.294. The van der Waals surface area contributed by atoms with E-state index >= 15 is 0 Å². The molecule has 1 amide bonds. The number of nitrogens with one attached hydrogen (secondary N) is 1. The molecule has 4 nitrogen and oxygen atoms in total. The van der Waals surface area contributed by atoms with E-state index in [1.54, 1.807) is 6.92 Å². The van der Waals surface area contributed by atoms with Crippen molar-refractivity contribution in [2.45, 2.75) is 20.3 Å². The Bertz CT molecular complexity index is 202. The molecule has 0 saturated heterocycles. The van der Waals surface area contributed by atoms with Crippen molar-refractivity contribution in [2.24, 2.45) is 5.92 Å². The van der Waals surface area contributed by atoms with E-state index in [0.717, 1.165) is 6.54 Å². The highest BCUT2D eigenvalue weighted by Crippen LogP contribution is 2.01. The molecular weight excluding hydrogens is 180 g/mol. The first-order chi connectivity index (χ1) is 6.43. The quantitative estimate of drug-likeness (QED) is 0.670. The molecule has 1 N–H and O–H groups in total. The molecule has 0 radical (unpaired) electrons. The minimum absolute atomic E-state index is 0.0467. The van der Waals surface area contributed by atoms with Crippen LogP contribution < -0.4 is 5.32 Å². The molecule has 0 rings (SSSR count). The van der Waals surface area contributed by atoms with E-state index in [1.165, 1.54) is 6.92 Å². The highest BCUT2D eigenvalue weighted by Gasteiger charge is 2.12. The number of nitrogens with zero attached hydrogens (tertiary/aromatic N) is 1. The fraction of sp³-hybridized carbons (Fsp3) is 0.800. The van der Waals surface area contributed by atoms with Crippen LogP contribution in [0.4, 0.5) is 0 Å². The molecule has 0 aromatic heterocycles. The highest BCUT2D eigenvalue weighted by molar-refractivity contribution is 5.85. The van der Waals surface area contributed by atoms with Crippen LogP contribution >= 0.6 is 0 Å². The molecule has 0 aromatic carbocycles. The van der Waals surface area contributed by atoms with Crippen LogP contribution in [0.3, 0.4) is 0 Å². The van der Waals surface area contributed by atoms with Crippen molar-refractivity contribution < 1.29 is 9.59 Å². The summed E-state index contributed by atoms with van der Waals surface area (Å²) in [4.78, 5) is 24.1. The molecule has 0 aliphatic heterocycles. The Kier molecular flexibility index (Phi) is 6.12. The van der Waals surface area contributed by atoms with Crippen LogP contribution in [-0.4, -0.2) is 43.8 Å². The SMILES string of the molecule is CC(=O)C(C)CC(=O)NCCN(C)C. The number of carbonyl (C=O) groups excluding carboxylic acids is 2. The van der Waals surface area contributed by atoms with Crippen LogP contribution in [0.15, 0.2) is 0 Å². The van der Waals surface area contributed by atoms with Crippen LogP contribution in [0.2, 0.25) is 0 Å². The Morgan fingerprint density at radius 1 is 1.36 bits per heavy atom. The zero-order valence-corrected chi connectivity index (χ0v) is 9.46. The molecule has 0 aliphatic carbocycles. The van der Waals surface area contributed by atoms with Crippen LogP contribution in [0.25, 0.3) is 0 Å². The van der Waals surface area contributed by atoms with Crippen molar-refractivity contribution in [1.29, 1.82) is 0 Å². The first kappa shape index (κ1) is 13.1. The Labute approximate surface area is 85.7 Å². The summed E-state index contributed by atoms with van der Waals surface area (Å²) in [6.45, 7) is 4.74. The third-order valence-corrected chi connectivity index (χ3v) is 2.07. The van der Waals surface area contributed by atoms with Gasteiger partial charge in [-0.25, -0.2) is 0 Å². The monoisotopic (exact) mass is 200 g/mol. The second-order valence-corrected chi connectivity index (χ2v) is 3.87. The zero-order valence-electron chi connectivity index (χ0n) is 9.46. The van der Waals surface area contributed by atoms with E-state index in [0.29, 0.717) is 13.0 Å². The number of Topliss-reactive ketones (excluding diaryl/α,β-unsaturated/α-hetero) is 1. The Balaban J connectivity index is 3.60. The van der Waals surface area contributed by atoms with Crippen LogP contribution in [-0.2, 0) is 9.59 Å². The molecule has 4 heteroatoms. The fourth-order valence-electron chi connectivity index (χ4n) is 0.913. The van der Waals surface area contributed by atoms with Gasteiger partial charge in [-0.1, -0.05) is 6.92 Å². The number of amides is 1. The van der Waals surface area contributed by atoms with Crippen molar-refractivity contribution >= 4 is 11.7 Å². The Morgan fingerprint density at radius 3 is 2.36 bits per heavy atom. The minimum Gasteiger partial charge on any atom is -0.355 e. The van der Waals surface area contributed by atoms with Crippen LogP contribution in [0.5, 0.6) is 0 Å². The molecule has 0 aromatic rings. The van der Waals surface area contributed by atoms with Gasteiger partial charge in [0, 0.05) is 25.4 Å². The average molecular weight is 200 g/mol. The number of hydrogen-bond donors (Lipinski definition) is 1. The first-order valence-electron chi connectivity index (χ1n) is 4.85. The maximum atomic E-state index is 11.3.